The number of hydrogen-bond donors (Lipinski definition) is 1. The average molecular weight is 365 g/mol. The summed E-state index contributed by atoms with van der Waals surface area (Å²) in [5.74, 6) is 0.698. The summed E-state index contributed by atoms with van der Waals surface area (Å²) in [5.41, 5.74) is 3.23. The Morgan fingerprint density at radius 3 is 3.07 bits per heavy atom. The Bertz CT molecular complexity index is 924. The summed E-state index contributed by atoms with van der Waals surface area (Å²) in [4.78, 5) is 4.73. The van der Waals surface area contributed by atoms with Crippen LogP contribution >= 0.6 is 0 Å². The third-order valence-electron chi connectivity index (χ3n) is 5.90. The minimum Gasteiger partial charge on any atom is -0.357 e. The zero-order chi connectivity index (χ0) is 18.2. The fourth-order valence-corrected chi connectivity index (χ4v) is 4.42. The molecule has 3 aromatic heterocycles. The summed E-state index contributed by atoms with van der Waals surface area (Å²) in [6.07, 6.45) is 12.9. The van der Waals surface area contributed by atoms with E-state index >= 15 is 0 Å². The van der Waals surface area contributed by atoms with Crippen LogP contribution in [-0.2, 0) is 11.3 Å². The first-order valence-corrected chi connectivity index (χ1v) is 10.1. The molecule has 0 spiro atoms. The topological polar surface area (TPSA) is 56.9 Å². The minimum absolute atomic E-state index is 0.0692. The molecular weight excluding hydrogens is 338 g/mol. The van der Waals surface area contributed by atoms with Gasteiger partial charge in [0.1, 0.15) is 6.23 Å². The molecular formula is C21H27N5O. The van der Waals surface area contributed by atoms with Crippen LogP contribution in [0.25, 0.3) is 22.2 Å². The number of pyridine rings is 1. The van der Waals surface area contributed by atoms with Gasteiger partial charge in [-0.3, -0.25) is 4.98 Å². The Balaban J connectivity index is 1.36. The van der Waals surface area contributed by atoms with Gasteiger partial charge in [0.15, 0.2) is 0 Å². The lowest BCUT2D eigenvalue weighted by molar-refractivity contribution is -0.0394. The van der Waals surface area contributed by atoms with Gasteiger partial charge >= 0.3 is 0 Å². The van der Waals surface area contributed by atoms with Crippen molar-refractivity contribution in [2.75, 3.05) is 13.2 Å². The molecule has 5 heterocycles. The van der Waals surface area contributed by atoms with Gasteiger partial charge in [-0.15, -0.1) is 0 Å². The molecule has 2 saturated heterocycles. The standard InChI is InChI=1S/C21H27N5O/c1-15-8-16(10-22-15)13-25-6-5-17-9-19(23-12-20(17)25)18-11-24-26(14-18)21-4-2-3-7-27-21/h5-6,9,11-12,14-16,21-22H,2-4,7-8,10,13H2,1H3/t15-,16?,21?/m0/s1. The van der Waals surface area contributed by atoms with E-state index in [2.05, 4.69) is 46.4 Å². The van der Waals surface area contributed by atoms with Gasteiger partial charge < -0.3 is 14.6 Å². The van der Waals surface area contributed by atoms with Gasteiger partial charge in [0.25, 0.3) is 0 Å². The van der Waals surface area contributed by atoms with Gasteiger partial charge in [-0.05, 0) is 57.2 Å². The molecule has 2 unspecified atom stereocenters. The Labute approximate surface area is 159 Å². The Morgan fingerprint density at radius 1 is 1.30 bits per heavy atom. The van der Waals surface area contributed by atoms with Crippen LogP contribution in [0.5, 0.6) is 0 Å². The van der Waals surface area contributed by atoms with Crippen molar-refractivity contribution in [1.29, 1.82) is 0 Å². The van der Waals surface area contributed by atoms with Gasteiger partial charge in [0.05, 0.1) is 23.6 Å². The second-order valence-corrected chi connectivity index (χ2v) is 8.04. The second kappa shape index (κ2) is 7.09. The molecule has 1 N–H and O–H groups in total. The molecule has 0 aliphatic carbocycles. The lowest BCUT2D eigenvalue weighted by atomic mass is 10.1. The summed E-state index contributed by atoms with van der Waals surface area (Å²) in [6.45, 7) is 5.25. The van der Waals surface area contributed by atoms with Crippen molar-refractivity contribution in [2.24, 2.45) is 5.92 Å². The highest BCUT2D eigenvalue weighted by Crippen LogP contribution is 2.27. The maximum Gasteiger partial charge on any atom is 0.150 e. The summed E-state index contributed by atoms with van der Waals surface area (Å²) >= 11 is 0. The van der Waals surface area contributed by atoms with Crippen molar-refractivity contribution in [2.45, 2.75) is 51.4 Å². The van der Waals surface area contributed by atoms with Gasteiger partial charge in [-0.25, -0.2) is 4.68 Å². The predicted octanol–water partition coefficient (Wildman–Crippen LogP) is 3.60. The molecule has 0 bridgehead atoms. The molecule has 6 nitrogen and oxygen atoms in total. The van der Waals surface area contributed by atoms with Crippen LogP contribution in [0.2, 0.25) is 0 Å². The second-order valence-electron chi connectivity index (χ2n) is 8.04. The van der Waals surface area contributed by atoms with Crippen LogP contribution < -0.4 is 5.32 Å². The number of ether oxygens (including phenoxy) is 1. The maximum atomic E-state index is 5.83. The SMILES string of the molecule is C[C@H]1CC(Cn2ccc3cc(-c4cnn(C5CCCCO5)c4)ncc32)CN1. The van der Waals surface area contributed by atoms with Crippen molar-refractivity contribution in [1.82, 2.24) is 24.6 Å². The monoisotopic (exact) mass is 365 g/mol. The van der Waals surface area contributed by atoms with E-state index in [-0.39, 0.29) is 6.23 Å². The molecule has 2 aliphatic rings. The zero-order valence-corrected chi connectivity index (χ0v) is 15.8. The van der Waals surface area contributed by atoms with E-state index in [1.807, 2.05) is 17.1 Å². The van der Waals surface area contributed by atoms with Crippen LogP contribution in [0.4, 0.5) is 0 Å². The summed E-state index contributed by atoms with van der Waals surface area (Å²) in [5, 5.41) is 9.29. The van der Waals surface area contributed by atoms with Gasteiger partial charge in [0, 0.05) is 42.5 Å². The molecule has 2 aliphatic heterocycles. The lowest BCUT2D eigenvalue weighted by Crippen LogP contribution is -2.18. The first-order valence-electron chi connectivity index (χ1n) is 10.1. The lowest BCUT2D eigenvalue weighted by Gasteiger charge is -2.22. The van der Waals surface area contributed by atoms with E-state index in [0.717, 1.165) is 43.8 Å². The number of nitrogens with one attached hydrogen (secondary N) is 1. The van der Waals surface area contributed by atoms with Crippen LogP contribution in [0.3, 0.4) is 0 Å². The largest absolute Gasteiger partial charge is 0.357 e. The van der Waals surface area contributed by atoms with Gasteiger partial charge in [-0.2, -0.15) is 5.10 Å². The molecule has 0 saturated carbocycles. The van der Waals surface area contributed by atoms with Crippen molar-refractivity contribution in [3.05, 3.63) is 36.9 Å². The highest BCUT2D eigenvalue weighted by molar-refractivity contribution is 5.83. The third kappa shape index (κ3) is 3.39. The molecule has 3 atom stereocenters. The minimum atomic E-state index is 0.0692. The van der Waals surface area contributed by atoms with Crippen LogP contribution in [0.15, 0.2) is 36.9 Å². The van der Waals surface area contributed by atoms with Gasteiger partial charge in [-0.1, -0.05) is 0 Å². The van der Waals surface area contributed by atoms with Crippen LogP contribution in [0, 0.1) is 5.92 Å². The van der Waals surface area contributed by atoms with Crippen LogP contribution in [0.1, 0.15) is 38.8 Å². The zero-order valence-electron chi connectivity index (χ0n) is 15.8. The third-order valence-corrected chi connectivity index (χ3v) is 5.90. The maximum absolute atomic E-state index is 5.83. The van der Waals surface area contributed by atoms with E-state index in [1.54, 1.807) is 0 Å². The van der Waals surface area contributed by atoms with E-state index in [9.17, 15) is 0 Å². The van der Waals surface area contributed by atoms with Crippen molar-refractivity contribution in [3.8, 4) is 11.3 Å². The smallest absolute Gasteiger partial charge is 0.150 e. The van der Waals surface area contributed by atoms with E-state index in [1.165, 1.54) is 23.7 Å². The first-order chi connectivity index (χ1) is 13.3. The Morgan fingerprint density at radius 2 is 2.26 bits per heavy atom. The molecule has 0 radical (unpaired) electrons. The number of aromatic nitrogens is 4. The predicted molar refractivity (Wildman–Crippen MR) is 105 cm³/mol. The molecule has 27 heavy (non-hydrogen) atoms. The molecule has 0 aromatic carbocycles. The average Bonchev–Trinajstić information content (AvgIpc) is 3.43. The van der Waals surface area contributed by atoms with E-state index in [4.69, 9.17) is 9.72 Å². The molecule has 2 fully saturated rings. The Hall–Kier alpha value is -2.18. The molecule has 5 rings (SSSR count). The summed E-state index contributed by atoms with van der Waals surface area (Å²) in [7, 11) is 0. The highest BCUT2D eigenvalue weighted by Gasteiger charge is 2.21. The quantitative estimate of drug-likeness (QED) is 0.768. The number of nitrogens with zero attached hydrogens (tertiary/aromatic N) is 4. The highest BCUT2D eigenvalue weighted by atomic mass is 16.5. The fraction of sp³-hybridized carbons (Fsp3) is 0.524. The first kappa shape index (κ1) is 17.0. The molecule has 3 aromatic rings. The van der Waals surface area contributed by atoms with E-state index in [0.29, 0.717) is 12.0 Å². The molecule has 0 amide bonds. The summed E-state index contributed by atoms with van der Waals surface area (Å²) < 4.78 is 10.1. The summed E-state index contributed by atoms with van der Waals surface area (Å²) in [6, 6.07) is 5.00. The van der Waals surface area contributed by atoms with Gasteiger partial charge in [0.2, 0.25) is 0 Å². The molecule has 142 valence electrons. The van der Waals surface area contributed by atoms with Crippen molar-refractivity contribution < 1.29 is 4.74 Å². The number of hydrogen-bond acceptors (Lipinski definition) is 4. The number of fused-ring (bicyclic) bond motifs is 1. The normalized spacial score (nSPS) is 26.0. The van der Waals surface area contributed by atoms with Crippen LogP contribution in [-0.4, -0.2) is 38.5 Å². The number of rotatable bonds is 4. The molecule has 6 heteroatoms. The fourth-order valence-electron chi connectivity index (χ4n) is 4.42. The van der Waals surface area contributed by atoms with Crippen molar-refractivity contribution in [3.63, 3.8) is 0 Å². The van der Waals surface area contributed by atoms with Crippen molar-refractivity contribution >= 4 is 10.9 Å². The van der Waals surface area contributed by atoms with E-state index < -0.39 is 0 Å². The Kier molecular flexibility index (Phi) is 4.45.